The van der Waals surface area contributed by atoms with Crippen LogP contribution in [0.3, 0.4) is 0 Å². The van der Waals surface area contributed by atoms with E-state index in [1.165, 1.54) is 0 Å². The zero-order chi connectivity index (χ0) is 13.7. The molecule has 0 unspecified atom stereocenters. The van der Waals surface area contributed by atoms with Gasteiger partial charge in [0, 0.05) is 25.6 Å². The number of anilines is 1. The maximum Gasteiger partial charge on any atom is 0.196 e. The summed E-state index contributed by atoms with van der Waals surface area (Å²) in [6.45, 7) is 0. The fourth-order valence-electron chi connectivity index (χ4n) is 2.21. The average Bonchev–Trinajstić information content (AvgIpc) is 2.39. The van der Waals surface area contributed by atoms with Gasteiger partial charge in [-0.2, -0.15) is 0 Å². The minimum Gasteiger partial charge on any atom is -0.397 e. The van der Waals surface area contributed by atoms with Gasteiger partial charge in [-0.1, -0.05) is 15.9 Å². The predicted molar refractivity (Wildman–Crippen MR) is 79.6 cm³/mol. The van der Waals surface area contributed by atoms with Gasteiger partial charge in [-0.15, -0.1) is 0 Å². The van der Waals surface area contributed by atoms with Crippen molar-refractivity contribution in [1.82, 2.24) is 0 Å². The summed E-state index contributed by atoms with van der Waals surface area (Å²) in [5.41, 5.74) is 7.68. The quantitative estimate of drug-likeness (QED) is 0.606. The highest BCUT2D eigenvalue weighted by molar-refractivity contribution is 9.10. The van der Waals surface area contributed by atoms with Crippen LogP contribution >= 0.6 is 31.9 Å². The van der Waals surface area contributed by atoms with Crippen LogP contribution in [0.25, 0.3) is 0 Å². The Labute approximate surface area is 126 Å². The monoisotopic (exact) mass is 379 g/mol. The standard InChI is InChI=1S/C14H7Br2NO2/c15-6-1-2-7-9(5-6)14(19)11-8(13(7)18)3-4-10(16)12(11)17/h1-5H,17H2. The number of fused-ring (bicyclic) bond motifs is 2. The summed E-state index contributed by atoms with van der Waals surface area (Å²) >= 11 is 6.59. The van der Waals surface area contributed by atoms with Gasteiger partial charge in [0.25, 0.3) is 0 Å². The predicted octanol–water partition coefficient (Wildman–Crippen LogP) is 3.57. The summed E-state index contributed by atoms with van der Waals surface area (Å²) in [6, 6.07) is 8.36. The van der Waals surface area contributed by atoms with Gasteiger partial charge >= 0.3 is 0 Å². The highest BCUT2D eigenvalue weighted by Gasteiger charge is 2.31. The maximum atomic E-state index is 12.5. The van der Waals surface area contributed by atoms with E-state index in [0.29, 0.717) is 26.9 Å². The van der Waals surface area contributed by atoms with Gasteiger partial charge in [0.2, 0.25) is 0 Å². The van der Waals surface area contributed by atoms with Gasteiger partial charge in [0.1, 0.15) is 0 Å². The molecular weight excluding hydrogens is 374 g/mol. The number of halogens is 2. The van der Waals surface area contributed by atoms with Crippen molar-refractivity contribution in [3.63, 3.8) is 0 Å². The van der Waals surface area contributed by atoms with Crippen LogP contribution in [-0.2, 0) is 0 Å². The Morgan fingerprint density at radius 3 is 2.26 bits per heavy atom. The Kier molecular flexibility index (Phi) is 2.83. The number of ketones is 2. The van der Waals surface area contributed by atoms with Gasteiger partial charge in [-0.25, -0.2) is 0 Å². The first kappa shape index (κ1) is 12.6. The lowest BCUT2D eigenvalue weighted by Gasteiger charge is -2.19. The molecule has 0 radical (unpaired) electrons. The molecule has 0 bridgehead atoms. The van der Waals surface area contributed by atoms with Crippen LogP contribution in [0.4, 0.5) is 5.69 Å². The van der Waals surface area contributed by atoms with Gasteiger partial charge in [0.15, 0.2) is 11.6 Å². The van der Waals surface area contributed by atoms with Crippen molar-refractivity contribution in [2.45, 2.75) is 0 Å². The molecule has 0 saturated heterocycles. The van der Waals surface area contributed by atoms with Crippen molar-refractivity contribution < 1.29 is 9.59 Å². The molecular formula is C14H7Br2NO2. The molecule has 1 aliphatic rings. The fraction of sp³-hybridized carbons (Fsp3) is 0. The molecule has 0 fully saturated rings. The summed E-state index contributed by atoms with van der Waals surface area (Å²) in [5.74, 6) is -0.388. The van der Waals surface area contributed by atoms with Crippen LogP contribution in [0, 0.1) is 0 Å². The van der Waals surface area contributed by atoms with Gasteiger partial charge in [-0.05, 0) is 46.3 Å². The Hall–Kier alpha value is -1.46. The molecule has 3 rings (SSSR count). The number of hydrogen-bond acceptors (Lipinski definition) is 3. The van der Waals surface area contributed by atoms with Gasteiger partial charge in [0.05, 0.1) is 11.3 Å². The van der Waals surface area contributed by atoms with E-state index in [2.05, 4.69) is 31.9 Å². The molecule has 0 heterocycles. The van der Waals surface area contributed by atoms with Gasteiger partial charge in [-0.3, -0.25) is 9.59 Å². The van der Waals surface area contributed by atoms with Crippen LogP contribution in [0.5, 0.6) is 0 Å². The van der Waals surface area contributed by atoms with Crippen LogP contribution in [0.1, 0.15) is 31.8 Å². The molecule has 19 heavy (non-hydrogen) atoms. The van der Waals surface area contributed by atoms with Crippen LogP contribution in [0.15, 0.2) is 39.3 Å². The first-order valence-electron chi connectivity index (χ1n) is 5.47. The summed E-state index contributed by atoms with van der Waals surface area (Å²) in [6.07, 6.45) is 0. The van der Waals surface area contributed by atoms with Crippen molar-refractivity contribution in [3.05, 3.63) is 61.5 Å². The molecule has 3 nitrogen and oxygen atoms in total. The van der Waals surface area contributed by atoms with E-state index in [9.17, 15) is 9.59 Å². The maximum absolute atomic E-state index is 12.5. The summed E-state index contributed by atoms with van der Waals surface area (Å²) in [7, 11) is 0. The Bertz CT molecular complexity index is 753. The molecule has 0 saturated carbocycles. The van der Waals surface area contributed by atoms with E-state index in [1.807, 2.05) is 0 Å². The summed E-state index contributed by atoms with van der Waals surface area (Å²) in [4.78, 5) is 24.9. The molecule has 2 aromatic carbocycles. The Balaban J connectivity index is 2.36. The second-order valence-electron chi connectivity index (χ2n) is 4.23. The second-order valence-corrected chi connectivity index (χ2v) is 6.00. The highest BCUT2D eigenvalue weighted by Crippen LogP contribution is 2.35. The van der Waals surface area contributed by atoms with E-state index in [4.69, 9.17) is 5.73 Å². The van der Waals surface area contributed by atoms with Gasteiger partial charge < -0.3 is 5.73 Å². The largest absolute Gasteiger partial charge is 0.397 e. The zero-order valence-electron chi connectivity index (χ0n) is 9.54. The lowest BCUT2D eigenvalue weighted by molar-refractivity contribution is 0.0979. The smallest absolute Gasteiger partial charge is 0.196 e. The molecule has 1 aliphatic carbocycles. The number of hydrogen-bond donors (Lipinski definition) is 1. The molecule has 2 aromatic rings. The molecule has 0 aliphatic heterocycles. The third-order valence-electron chi connectivity index (χ3n) is 3.13. The minimum absolute atomic E-state index is 0.170. The minimum atomic E-state index is -0.218. The van der Waals surface area contributed by atoms with Crippen molar-refractivity contribution >= 4 is 49.1 Å². The second kappa shape index (κ2) is 4.28. The SMILES string of the molecule is Nc1c(Br)ccc2c1C(=O)c1cc(Br)ccc1C2=O. The van der Waals surface area contributed by atoms with Crippen LogP contribution < -0.4 is 5.73 Å². The molecule has 0 aromatic heterocycles. The van der Waals surface area contributed by atoms with Crippen molar-refractivity contribution in [3.8, 4) is 0 Å². The van der Waals surface area contributed by atoms with Crippen molar-refractivity contribution in [2.24, 2.45) is 0 Å². The topological polar surface area (TPSA) is 60.2 Å². The Morgan fingerprint density at radius 2 is 1.53 bits per heavy atom. The number of rotatable bonds is 0. The Morgan fingerprint density at radius 1 is 0.842 bits per heavy atom. The number of benzene rings is 2. The van der Waals surface area contributed by atoms with Crippen molar-refractivity contribution in [2.75, 3.05) is 5.73 Å². The first-order chi connectivity index (χ1) is 9.00. The lowest BCUT2D eigenvalue weighted by Crippen LogP contribution is -2.22. The van der Waals surface area contributed by atoms with E-state index in [1.54, 1.807) is 30.3 Å². The highest BCUT2D eigenvalue weighted by atomic mass is 79.9. The van der Waals surface area contributed by atoms with E-state index in [-0.39, 0.29) is 17.1 Å². The van der Waals surface area contributed by atoms with Crippen LogP contribution in [-0.4, -0.2) is 11.6 Å². The summed E-state index contributed by atoms with van der Waals surface area (Å²) < 4.78 is 1.37. The molecule has 5 heteroatoms. The lowest BCUT2D eigenvalue weighted by atomic mass is 9.83. The normalized spacial score (nSPS) is 13.2. The van der Waals surface area contributed by atoms with Crippen molar-refractivity contribution in [1.29, 1.82) is 0 Å². The van der Waals surface area contributed by atoms with Crippen LogP contribution in [0.2, 0.25) is 0 Å². The molecule has 0 amide bonds. The molecule has 2 N–H and O–H groups in total. The molecule has 0 spiro atoms. The average molecular weight is 381 g/mol. The zero-order valence-corrected chi connectivity index (χ0v) is 12.7. The van der Waals surface area contributed by atoms with E-state index >= 15 is 0 Å². The van der Waals surface area contributed by atoms with E-state index < -0.39 is 0 Å². The third-order valence-corrected chi connectivity index (χ3v) is 4.32. The third kappa shape index (κ3) is 1.76. The number of carbonyl (C=O) groups excluding carboxylic acids is 2. The molecule has 94 valence electrons. The number of nitrogens with two attached hydrogens (primary N) is 1. The first-order valence-corrected chi connectivity index (χ1v) is 7.06. The van der Waals surface area contributed by atoms with E-state index in [0.717, 1.165) is 4.47 Å². The molecule has 0 atom stereocenters. The summed E-state index contributed by atoms with van der Waals surface area (Å²) in [5, 5.41) is 0. The fourth-order valence-corrected chi connectivity index (χ4v) is 2.90. The number of carbonyl (C=O) groups is 2. The number of nitrogen functional groups attached to an aromatic ring is 1.